The van der Waals surface area contributed by atoms with Gasteiger partial charge in [-0.05, 0) is 45.1 Å². The Morgan fingerprint density at radius 2 is 2.06 bits per heavy atom. The van der Waals surface area contributed by atoms with Gasteiger partial charge in [0.05, 0.1) is 6.61 Å². The van der Waals surface area contributed by atoms with Crippen molar-refractivity contribution in [3.05, 3.63) is 5.28 Å². The van der Waals surface area contributed by atoms with E-state index < -0.39 is 0 Å². The Hall–Kier alpha value is -1.14. The van der Waals surface area contributed by atoms with Crippen LogP contribution in [0.25, 0.3) is 0 Å². The number of anilines is 1. The Morgan fingerprint density at radius 1 is 1.28 bits per heavy atom. The van der Waals surface area contributed by atoms with Gasteiger partial charge in [0.2, 0.25) is 11.2 Å². The molecular formula is C11H20ClN5O. The lowest BCUT2D eigenvalue weighted by Crippen LogP contribution is -2.17. The Balaban J connectivity index is 2.46. The first-order valence-corrected chi connectivity index (χ1v) is 6.42. The lowest BCUT2D eigenvalue weighted by molar-refractivity contribution is 0.291. The number of nitrogens with one attached hydrogen (secondary N) is 1. The minimum absolute atomic E-state index is 0.145. The molecule has 0 saturated heterocycles. The van der Waals surface area contributed by atoms with Gasteiger partial charge in [-0.1, -0.05) is 6.92 Å². The van der Waals surface area contributed by atoms with E-state index in [1.807, 2.05) is 21.0 Å². The van der Waals surface area contributed by atoms with Gasteiger partial charge in [0.15, 0.2) is 0 Å². The van der Waals surface area contributed by atoms with E-state index in [2.05, 4.69) is 25.2 Å². The first-order valence-electron chi connectivity index (χ1n) is 6.04. The molecule has 0 aliphatic carbocycles. The van der Waals surface area contributed by atoms with Gasteiger partial charge in [-0.25, -0.2) is 0 Å². The fourth-order valence-corrected chi connectivity index (χ4v) is 1.42. The van der Waals surface area contributed by atoms with Crippen LogP contribution in [0.5, 0.6) is 6.01 Å². The Bertz CT molecular complexity index is 361. The molecular weight excluding hydrogens is 254 g/mol. The molecule has 1 heterocycles. The second-order valence-electron chi connectivity index (χ2n) is 4.14. The molecule has 1 N–H and O–H groups in total. The van der Waals surface area contributed by atoms with Crippen molar-refractivity contribution in [3.63, 3.8) is 0 Å². The standard InChI is InChI=1S/C11H20ClN5O/c1-4-8-18-11-15-9(12)14-10(16-11)13-6-5-7-17(2)3/h4-8H2,1-3H3,(H,13,14,15,16). The molecule has 0 radical (unpaired) electrons. The number of hydrogen-bond donors (Lipinski definition) is 1. The Labute approximate surface area is 113 Å². The fourth-order valence-electron chi connectivity index (χ4n) is 1.26. The van der Waals surface area contributed by atoms with E-state index in [1.54, 1.807) is 0 Å². The van der Waals surface area contributed by atoms with E-state index in [0.29, 0.717) is 12.6 Å². The number of hydrogen-bond acceptors (Lipinski definition) is 6. The molecule has 0 amide bonds. The van der Waals surface area contributed by atoms with Gasteiger partial charge >= 0.3 is 6.01 Å². The molecule has 0 saturated carbocycles. The number of rotatable bonds is 8. The highest BCUT2D eigenvalue weighted by molar-refractivity contribution is 6.28. The van der Waals surface area contributed by atoms with Crippen LogP contribution in [0.4, 0.5) is 5.95 Å². The monoisotopic (exact) mass is 273 g/mol. The molecule has 0 spiro atoms. The zero-order valence-electron chi connectivity index (χ0n) is 11.1. The van der Waals surface area contributed by atoms with Crippen LogP contribution in [0.3, 0.4) is 0 Å². The third-order valence-corrected chi connectivity index (χ3v) is 2.26. The third kappa shape index (κ3) is 5.97. The maximum absolute atomic E-state index is 5.80. The maximum atomic E-state index is 5.80. The van der Waals surface area contributed by atoms with Crippen molar-refractivity contribution in [1.29, 1.82) is 0 Å². The number of nitrogens with zero attached hydrogens (tertiary/aromatic N) is 4. The van der Waals surface area contributed by atoms with Crippen molar-refractivity contribution in [2.24, 2.45) is 0 Å². The lowest BCUT2D eigenvalue weighted by Gasteiger charge is -2.10. The molecule has 1 aromatic heterocycles. The van der Waals surface area contributed by atoms with Crippen molar-refractivity contribution >= 4 is 17.5 Å². The van der Waals surface area contributed by atoms with Crippen LogP contribution in [0.15, 0.2) is 0 Å². The van der Waals surface area contributed by atoms with Gasteiger partial charge in [-0.15, -0.1) is 0 Å². The minimum Gasteiger partial charge on any atom is -0.463 e. The molecule has 0 aliphatic rings. The topological polar surface area (TPSA) is 63.2 Å². The van der Waals surface area contributed by atoms with E-state index in [1.165, 1.54) is 0 Å². The fraction of sp³-hybridized carbons (Fsp3) is 0.727. The molecule has 18 heavy (non-hydrogen) atoms. The van der Waals surface area contributed by atoms with Crippen LogP contribution in [0.2, 0.25) is 5.28 Å². The summed E-state index contributed by atoms with van der Waals surface area (Å²) in [6.45, 7) is 4.38. The molecule has 0 fully saturated rings. The van der Waals surface area contributed by atoms with Crippen LogP contribution in [-0.4, -0.2) is 53.6 Å². The van der Waals surface area contributed by atoms with Crippen LogP contribution in [0.1, 0.15) is 19.8 Å². The van der Waals surface area contributed by atoms with Gasteiger partial charge in [-0.2, -0.15) is 15.0 Å². The summed E-state index contributed by atoms with van der Waals surface area (Å²) in [5, 5.41) is 3.25. The minimum atomic E-state index is 0.145. The normalized spacial score (nSPS) is 10.7. The summed E-state index contributed by atoms with van der Waals surface area (Å²) >= 11 is 5.80. The number of halogens is 1. The lowest BCUT2D eigenvalue weighted by atomic mass is 10.4. The van der Waals surface area contributed by atoms with Crippen molar-refractivity contribution in [2.45, 2.75) is 19.8 Å². The van der Waals surface area contributed by atoms with Crippen molar-refractivity contribution < 1.29 is 4.74 Å². The van der Waals surface area contributed by atoms with Gasteiger partial charge in [0.1, 0.15) is 0 Å². The zero-order valence-corrected chi connectivity index (χ0v) is 11.9. The molecule has 0 aromatic carbocycles. The predicted octanol–water partition coefficient (Wildman–Crippen LogP) is 1.68. The summed E-state index contributed by atoms with van der Waals surface area (Å²) in [6.07, 6.45) is 1.90. The van der Waals surface area contributed by atoms with Crippen molar-refractivity contribution in [3.8, 4) is 6.01 Å². The van der Waals surface area contributed by atoms with Crippen LogP contribution < -0.4 is 10.1 Å². The summed E-state index contributed by atoms with van der Waals surface area (Å²) in [6, 6.07) is 0.270. The largest absolute Gasteiger partial charge is 0.463 e. The van der Waals surface area contributed by atoms with E-state index in [4.69, 9.17) is 16.3 Å². The predicted molar refractivity (Wildman–Crippen MR) is 72.3 cm³/mol. The quantitative estimate of drug-likeness (QED) is 0.727. The molecule has 1 aromatic rings. The van der Waals surface area contributed by atoms with Gasteiger partial charge in [-0.3, -0.25) is 0 Å². The molecule has 0 unspecified atom stereocenters. The van der Waals surface area contributed by atoms with Crippen LogP contribution in [-0.2, 0) is 0 Å². The van der Waals surface area contributed by atoms with E-state index >= 15 is 0 Å². The van der Waals surface area contributed by atoms with E-state index in [9.17, 15) is 0 Å². The third-order valence-electron chi connectivity index (χ3n) is 2.09. The molecule has 0 bridgehead atoms. The summed E-state index contributed by atoms with van der Waals surface area (Å²) in [5.41, 5.74) is 0. The summed E-state index contributed by atoms with van der Waals surface area (Å²) < 4.78 is 5.33. The highest BCUT2D eigenvalue weighted by Crippen LogP contribution is 2.11. The smallest absolute Gasteiger partial charge is 0.322 e. The second kappa shape index (κ2) is 8.05. The summed E-state index contributed by atoms with van der Waals surface area (Å²) in [4.78, 5) is 14.2. The van der Waals surface area contributed by atoms with E-state index in [-0.39, 0.29) is 11.3 Å². The summed E-state index contributed by atoms with van der Waals surface area (Å²) in [5.74, 6) is 0.458. The highest BCUT2D eigenvalue weighted by Gasteiger charge is 2.05. The van der Waals surface area contributed by atoms with Gasteiger partial charge in [0.25, 0.3) is 0 Å². The number of ether oxygens (including phenoxy) is 1. The highest BCUT2D eigenvalue weighted by atomic mass is 35.5. The molecule has 6 nitrogen and oxygen atoms in total. The first-order chi connectivity index (χ1) is 8.61. The van der Waals surface area contributed by atoms with Gasteiger partial charge in [0, 0.05) is 6.54 Å². The molecule has 0 atom stereocenters. The maximum Gasteiger partial charge on any atom is 0.322 e. The average Bonchev–Trinajstić information content (AvgIpc) is 2.31. The summed E-state index contributed by atoms with van der Waals surface area (Å²) in [7, 11) is 4.08. The Morgan fingerprint density at radius 3 is 2.72 bits per heavy atom. The molecule has 1 rings (SSSR count). The Kier molecular flexibility index (Phi) is 6.67. The second-order valence-corrected chi connectivity index (χ2v) is 4.48. The number of aromatic nitrogens is 3. The van der Waals surface area contributed by atoms with Crippen molar-refractivity contribution in [1.82, 2.24) is 19.9 Å². The SMILES string of the molecule is CCCOc1nc(Cl)nc(NCCCN(C)C)n1. The average molecular weight is 274 g/mol. The van der Waals surface area contributed by atoms with E-state index in [0.717, 1.165) is 25.9 Å². The first kappa shape index (κ1) is 14.9. The van der Waals surface area contributed by atoms with Crippen molar-refractivity contribution in [2.75, 3.05) is 39.1 Å². The van der Waals surface area contributed by atoms with Crippen LogP contribution >= 0.6 is 11.6 Å². The molecule has 7 heteroatoms. The molecule has 0 aliphatic heterocycles. The van der Waals surface area contributed by atoms with Gasteiger partial charge < -0.3 is 15.0 Å². The molecule has 102 valence electrons. The van der Waals surface area contributed by atoms with Crippen LogP contribution in [0, 0.1) is 0 Å². The zero-order chi connectivity index (χ0) is 13.4.